The van der Waals surface area contributed by atoms with Crippen molar-refractivity contribution >= 4 is 47.2 Å². The van der Waals surface area contributed by atoms with E-state index in [2.05, 4.69) is 17.6 Å². The molecule has 2 aromatic heterocycles. The van der Waals surface area contributed by atoms with Crippen LogP contribution in [0.2, 0.25) is 10.0 Å². The minimum atomic E-state index is -0.363. The van der Waals surface area contributed by atoms with Crippen molar-refractivity contribution in [3.63, 3.8) is 0 Å². The molecule has 1 atom stereocenters. The molecule has 2 rings (SSSR count). The van der Waals surface area contributed by atoms with Gasteiger partial charge in [-0.15, -0.1) is 24.0 Å². The first-order valence-corrected chi connectivity index (χ1v) is 6.49. The Hall–Kier alpha value is -0.420. The maximum Gasteiger partial charge on any atom is 0.176 e. The van der Waals surface area contributed by atoms with Crippen LogP contribution in [0.5, 0.6) is 5.75 Å². The van der Waals surface area contributed by atoms with Crippen molar-refractivity contribution in [1.29, 1.82) is 0 Å². The van der Waals surface area contributed by atoms with Crippen molar-refractivity contribution in [3.05, 3.63) is 44.8 Å². The van der Waals surface area contributed by atoms with Crippen molar-refractivity contribution in [2.24, 2.45) is 0 Å². The van der Waals surface area contributed by atoms with E-state index in [4.69, 9.17) is 27.9 Å². The zero-order valence-corrected chi connectivity index (χ0v) is 11.2. The third kappa shape index (κ3) is 3.04. The van der Waals surface area contributed by atoms with Crippen molar-refractivity contribution in [2.75, 3.05) is 0 Å². The monoisotopic (exact) mass is 291 g/mol. The molecule has 0 radical (unpaired) electrons. The highest BCUT2D eigenvalue weighted by Gasteiger charge is 2.11. The maximum absolute atomic E-state index is 5.82. The number of pyridine rings is 1. The molecule has 0 aliphatic carbocycles. The zero-order chi connectivity index (χ0) is 11.5. The summed E-state index contributed by atoms with van der Waals surface area (Å²) in [5, 5.41) is 3.05. The first-order chi connectivity index (χ1) is 7.65. The van der Waals surface area contributed by atoms with Crippen LogP contribution in [-0.2, 0) is 0 Å². The Morgan fingerprint density at radius 1 is 1.25 bits per heavy atom. The van der Waals surface area contributed by atoms with Gasteiger partial charge in [0.25, 0.3) is 0 Å². The Morgan fingerprint density at radius 2 is 2.06 bits per heavy atom. The minimum Gasteiger partial charge on any atom is -0.473 e. The average molecular weight is 292 g/mol. The summed E-state index contributed by atoms with van der Waals surface area (Å²) in [5.41, 5.74) is -0.363. The molecule has 0 aliphatic rings. The van der Waals surface area contributed by atoms with E-state index >= 15 is 0 Å². The van der Waals surface area contributed by atoms with E-state index in [0.29, 0.717) is 15.8 Å². The van der Waals surface area contributed by atoms with Gasteiger partial charge in [0.05, 0.1) is 21.1 Å². The van der Waals surface area contributed by atoms with Crippen molar-refractivity contribution in [1.82, 2.24) is 4.98 Å². The standard InChI is InChI=1S/C10H7Cl2NOS2/c11-6-1-8(4-13-3-6)14-10(15)9-2-7(12)5-16-9/h1-5,10,15H. The third-order valence-corrected chi connectivity index (χ3v) is 3.85. The van der Waals surface area contributed by atoms with E-state index in [0.717, 1.165) is 4.88 Å². The van der Waals surface area contributed by atoms with Crippen molar-refractivity contribution < 1.29 is 4.74 Å². The van der Waals surface area contributed by atoms with E-state index in [9.17, 15) is 0 Å². The normalized spacial score (nSPS) is 12.4. The largest absolute Gasteiger partial charge is 0.473 e. The fraction of sp³-hybridized carbons (Fsp3) is 0.100. The third-order valence-electron chi connectivity index (χ3n) is 1.76. The van der Waals surface area contributed by atoms with Gasteiger partial charge in [-0.05, 0) is 6.07 Å². The van der Waals surface area contributed by atoms with Crippen LogP contribution >= 0.6 is 47.2 Å². The summed E-state index contributed by atoms with van der Waals surface area (Å²) in [5.74, 6) is 0.581. The van der Waals surface area contributed by atoms with Gasteiger partial charge in [0.2, 0.25) is 0 Å². The van der Waals surface area contributed by atoms with E-state index in [1.807, 2.05) is 11.4 Å². The van der Waals surface area contributed by atoms with E-state index in [1.54, 1.807) is 18.5 Å². The molecule has 0 saturated carbocycles. The van der Waals surface area contributed by atoms with Crippen LogP contribution in [0.4, 0.5) is 0 Å². The summed E-state index contributed by atoms with van der Waals surface area (Å²) in [6.45, 7) is 0. The molecule has 0 bridgehead atoms. The molecule has 0 saturated heterocycles. The summed E-state index contributed by atoms with van der Waals surface area (Å²) in [6.07, 6.45) is 3.13. The summed E-state index contributed by atoms with van der Waals surface area (Å²) in [6, 6.07) is 3.51. The van der Waals surface area contributed by atoms with Crippen LogP contribution in [0.3, 0.4) is 0 Å². The molecule has 0 N–H and O–H groups in total. The van der Waals surface area contributed by atoms with Crippen LogP contribution in [-0.4, -0.2) is 4.98 Å². The topological polar surface area (TPSA) is 22.1 Å². The minimum absolute atomic E-state index is 0.363. The SMILES string of the molecule is SC(Oc1cncc(Cl)c1)c1cc(Cl)cs1. The molecule has 0 amide bonds. The number of hydrogen-bond donors (Lipinski definition) is 1. The lowest BCUT2D eigenvalue weighted by Crippen LogP contribution is -1.98. The number of halogens is 2. The van der Waals surface area contributed by atoms with Crippen LogP contribution in [0.15, 0.2) is 29.9 Å². The number of rotatable bonds is 3. The molecule has 16 heavy (non-hydrogen) atoms. The van der Waals surface area contributed by atoms with Gasteiger partial charge in [0, 0.05) is 17.6 Å². The Kier molecular flexibility index (Phi) is 3.97. The Labute approximate surface area is 113 Å². The second kappa shape index (κ2) is 5.27. The lowest BCUT2D eigenvalue weighted by Gasteiger charge is -2.11. The number of thiol groups is 1. The fourth-order valence-corrected chi connectivity index (χ4v) is 2.64. The second-order valence-electron chi connectivity index (χ2n) is 2.98. The number of aromatic nitrogens is 1. The molecular formula is C10H7Cl2NOS2. The van der Waals surface area contributed by atoms with E-state index in [-0.39, 0.29) is 5.44 Å². The van der Waals surface area contributed by atoms with Crippen LogP contribution in [0.1, 0.15) is 10.3 Å². The molecule has 2 nitrogen and oxygen atoms in total. The van der Waals surface area contributed by atoms with Crippen LogP contribution in [0, 0.1) is 0 Å². The number of thiophene rings is 1. The maximum atomic E-state index is 5.82. The second-order valence-corrected chi connectivity index (χ2v) is 5.26. The summed E-state index contributed by atoms with van der Waals surface area (Å²) in [7, 11) is 0. The molecule has 6 heteroatoms. The number of ether oxygens (including phenoxy) is 1. The van der Waals surface area contributed by atoms with Gasteiger partial charge in [-0.2, -0.15) is 0 Å². The van der Waals surface area contributed by atoms with Gasteiger partial charge in [-0.1, -0.05) is 23.2 Å². The van der Waals surface area contributed by atoms with Crippen LogP contribution < -0.4 is 4.74 Å². The highest BCUT2D eigenvalue weighted by Crippen LogP contribution is 2.31. The summed E-state index contributed by atoms with van der Waals surface area (Å²) in [4.78, 5) is 4.86. The van der Waals surface area contributed by atoms with Gasteiger partial charge >= 0.3 is 0 Å². The predicted molar refractivity (Wildman–Crippen MR) is 70.9 cm³/mol. The molecule has 84 valence electrons. The van der Waals surface area contributed by atoms with Gasteiger partial charge in [0.1, 0.15) is 5.75 Å². The molecular weight excluding hydrogens is 285 g/mol. The Morgan fingerprint density at radius 3 is 2.69 bits per heavy atom. The smallest absolute Gasteiger partial charge is 0.176 e. The molecule has 1 unspecified atom stereocenters. The highest BCUT2D eigenvalue weighted by atomic mass is 35.5. The Balaban J connectivity index is 2.10. The first kappa shape index (κ1) is 12.0. The van der Waals surface area contributed by atoms with Crippen molar-refractivity contribution in [2.45, 2.75) is 5.44 Å². The molecule has 0 spiro atoms. The van der Waals surface area contributed by atoms with Gasteiger partial charge < -0.3 is 4.74 Å². The lowest BCUT2D eigenvalue weighted by atomic mass is 10.4. The summed E-state index contributed by atoms with van der Waals surface area (Å²) >= 11 is 17.4. The molecule has 0 aromatic carbocycles. The van der Waals surface area contributed by atoms with Gasteiger partial charge in [-0.3, -0.25) is 4.98 Å². The van der Waals surface area contributed by atoms with Crippen molar-refractivity contribution in [3.8, 4) is 5.75 Å². The molecule has 2 aromatic rings. The zero-order valence-electron chi connectivity index (χ0n) is 7.93. The highest BCUT2D eigenvalue weighted by molar-refractivity contribution is 7.80. The lowest BCUT2D eigenvalue weighted by molar-refractivity contribution is 0.300. The van der Waals surface area contributed by atoms with Gasteiger partial charge in [0.15, 0.2) is 5.44 Å². The summed E-state index contributed by atoms with van der Waals surface area (Å²) < 4.78 is 5.56. The Bertz CT molecular complexity index is 489. The average Bonchev–Trinajstić information content (AvgIpc) is 2.65. The molecule has 2 heterocycles. The predicted octanol–water partition coefficient (Wildman–Crippen LogP) is 4.46. The number of nitrogens with zero attached hydrogens (tertiary/aromatic N) is 1. The fourth-order valence-electron chi connectivity index (χ4n) is 1.10. The van der Waals surface area contributed by atoms with Crippen LogP contribution in [0.25, 0.3) is 0 Å². The quantitative estimate of drug-likeness (QED) is 0.666. The first-order valence-electron chi connectivity index (χ1n) is 4.34. The van der Waals surface area contributed by atoms with E-state index < -0.39 is 0 Å². The van der Waals surface area contributed by atoms with E-state index in [1.165, 1.54) is 11.3 Å². The molecule has 0 aliphatic heterocycles. The molecule has 0 fully saturated rings. The van der Waals surface area contributed by atoms with Gasteiger partial charge in [-0.25, -0.2) is 0 Å². The number of hydrogen-bond acceptors (Lipinski definition) is 4.